The quantitative estimate of drug-likeness (QED) is 0.773. The van der Waals surface area contributed by atoms with Gasteiger partial charge in [0.05, 0.1) is 7.11 Å². The van der Waals surface area contributed by atoms with Crippen molar-refractivity contribution in [3.8, 4) is 5.75 Å². The van der Waals surface area contributed by atoms with Crippen LogP contribution in [0.25, 0.3) is 0 Å². The van der Waals surface area contributed by atoms with Crippen LogP contribution in [-0.2, 0) is 13.0 Å². The van der Waals surface area contributed by atoms with E-state index in [1.807, 2.05) is 36.4 Å². The molecule has 2 aromatic carbocycles. The molecule has 1 aliphatic heterocycles. The van der Waals surface area contributed by atoms with E-state index in [0.717, 1.165) is 56.1 Å². The number of methoxy groups -OCH3 is 1. The van der Waals surface area contributed by atoms with Crippen LogP contribution in [0.5, 0.6) is 5.75 Å². The lowest BCUT2D eigenvalue weighted by molar-refractivity contribution is 0.148. The van der Waals surface area contributed by atoms with Crippen LogP contribution in [0, 0.1) is 0 Å². The lowest BCUT2D eigenvalue weighted by Crippen LogP contribution is -2.43. The number of anilines is 1. The van der Waals surface area contributed by atoms with Crippen LogP contribution in [0.2, 0.25) is 0 Å². The molecule has 0 aliphatic carbocycles. The van der Waals surface area contributed by atoms with E-state index in [2.05, 4.69) is 39.6 Å². The van der Waals surface area contributed by atoms with Crippen molar-refractivity contribution in [1.82, 2.24) is 15.1 Å². The largest absolute Gasteiger partial charge is 0.497 e. The van der Waals surface area contributed by atoms with E-state index in [-0.39, 0.29) is 6.03 Å². The van der Waals surface area contributed by atoms with E-state index in [4.69, 9.17) is 4.74 Å². The number of nitrogens with one attached hydrogen (secondary N) is 2. The molecule has 0 bridgehead atoms. The standard InChI is InChI=1S/C22H30N4O2/c1-25-13-15-26(16-14-25)17-19-3-7-20(8-4-19)24-22(27)23-12-11-18-5-9-21(28-2)10-6-18/h3-10H,11-17H2,1-2H3,(H2,23,24,27). The number of hydrogen-bond acceptors (Lipinski definition) is 4. The second kappa shape index (κ2) is 10.1. The molecule has 1 aliphatic rings. The summed E-state index contributed by atoms with van der Waals surface area (Å²) in [6.07, 6.45) is 0.779. The van der Waals surface area contributed by atoms with Crippen molar-refractivity contribution in [3.05, 3.63) is 59.7 Å². The first-order valence-corrected chi connectivity index (χ1v) is 9.80. The van der Waals surface area contributed by atoms with Gasteiger partial charge in [0, 0.05) is 45.0 Å². The molecule has 0 atom stereocenters. The minimum Gasteiger partial charge on any atom is -0.497 e. The summed E-state index contributed by atoms with van der Waals surface area (Å²) < 4.78 is 5.15. The normalized spacial score (nSPS) is 15.2. The molecule has 1 heterocycles. The summed E-state index contributed by atoms with van der Waals surface area (Å²) in [5, 5.41) is 5.79. The first kappa shape index (κ1) is 20.2. The Morgan fingerprint density at radius 2 is 1.61 bits per heavy atom. The topological polar surface area (TPSA) is 56.8 Å². The third-order valence-corrected chi connectivity index (χ3v) is 5.07. The maximum absolute atomic E-state index is 12.1. The molecule has 28 heavy (non-hydrogen) atoms. The van der Waals surface area contributed by atoms with Gasteiger partial charge in [-0.05, 0) is 48.9 Å². The number of carbonyl (C=O) groups is 1. The Morgan fingerprint density at radius 1 is 0.964 bits per heavy atom. The Labute approximate surface area is 167 Å². The van der Waals surface area contributed by atoms with E-state index < -0.39 is 0 Å². The number of rotatable bonds is 7. The maximum atomic E-state index is 12.1. The molecular formula is C22H30N4O2. The molecule has 2 N–H and O–H groups in total. The van der Waals surface area contributed by atoms with Gasteiger partial charge >= 0.3 is 6.03 Å². The zero-order valence-corrected chi connectivity index (χ0v) is 16.8. The minimum absolute atomic E-state index is 0.180. The molecule has 6 heteroatoms. The highest BCUT2D eigenvalue weighted by Crippen LogP contribution is 2.13. The van der Waals surface area contributed by atoms with Crippen molar-refractivity contribution in [2.45, 2.75) is 13.0 Å². The smallest absolute Gasteiger partial charge is 0.319 e. The summed E-state index contributed by atoms with van der Waals surface area (Å²) in [7, 11) is 3.82. The van der Waals surface area contributed by atoms with Gasteiger partial charge < -0.3 is 20.3 Å². The predicted molar refractivity (Wildman–Crippen MR) is 113 cm³/mol. The molecule has 2 aromatic rings. The van der Waals surface area contributed by atoms with E-state index in [1.54, 1.807) is 7.11 Å². The summed E-state index contributed by atoms with van der Waals surface area (Å²) in [4.78, 5) is 16.9. The van der Waals surface area contributed by atoms with Crippen LogP contribution in [0.15, 0.2) is 48.5 Å². The van der Waals surface area contributed by atoms with E-state index in [1.165, 1.54) is 5.56 Å². The number of likely N-dealkylation sites (N-methyl/N-ethyl adjacent to an activating group) is 1. The van der Waals surface area contributed by atoms with E-state index in [0.29, 0.717) is 6.54 Å². The van der Waals surface area contributed by atoms with Crippen molar-refractivity contribution < 1.29 is 9.53 Å². The van der Waals surface area contributed by atoms with Crippen molar-refractivity contribution in [1.29, 1.82) is 0 Å². The second-order valence-corrected chi connectivity index (χ2v) is 7.26. The Morgan fingerprint density at radius 3 is 2.25 bits per heavy atom. The number of ether oxygens (including phenoxy) is 1. The van der Waals surface area contributed by atoms with Crippen molar-refractivity contribution in [3.63, 3.8) is 0 Å². The number of amides is 2. The van der Waals surface area contributed by atoms with Crippen LogP contribution >= 0.6 is 0 Å². The molecule has 1 fully saturated rings. The first-order valence-electron chi connectivity index (χ1n) is 9.80. The minimum atomic E-state index is -0.180. The molecule has 150 valence electrons. The number of nitrogens with zero attached hydrogens (tertiary/aromatic N) is 2. The van der Waals surface area contributed by atoms with Gasteiger partial charge in [-0.3, -0.25) is 4.90 Å². The highest BCUT2D eigenvalue weighted by Gasteiger charge is 2.13. The van der Waals surface area contributed by atoms with Crippen LogP contribution in [0.4, 0.5) is 10.5 Å². The van der Waals surface area contributed by atoms with Crippen LogP contribution in [0.3, 0.4) is 0 Å². The van der Waals surface area contributed by atoms with Gasteiger partial charge in [0.25, 0.3) is 0 Å². The summed E-state index contributed by atoms with van der Waals surface area (Å²) in [6, 6.07) is 15.8. The predicted octanol–water partition coefficient (Wildman–Crippen LogP) is 2.81. The van der Waals surface area contributed by atoms with Crippen LogP contribution in [-0.4, -0.2) is 62.7 Å². The number of benzene rings is 2. The lowest BCUT2D eigenvalue weighted by atomic mass is 10.1. The zero-order chi connectivity index (χ0) is 19.8. The summed E-state index contributed by atoms with van der Waals surface area (Å²) in [6.45, 7) is 5.99. The highest BCUT2D eigenvalue weighted by molar-refractivity contribution is 5.89. The van der Waals surface area contributed by atoms with E-state index in [9.17, 15) is 4.79 Å². The molecule has 3 rings (SSSR count). The van der Waals surface area contributed by atoms with Crippen molar-refractivity contribution in [2.24, 2.45) is 0 Å². The molecule has 1 saturated heterocycles. The third kappa shape index (κ3) is 6.25. The Hall–Kier alpha value is -2.57. The maximum Gasteiger partial charge on any atom is 0.319 e. The fraction of sp³-hybridized carbons (Fsp3) is 0.409. The van der Waals surface area contributed by atoms with Crippen molar-refractivity contribution in [2.75, 3.05) is 52.2 Å². The van der Waals surface area contributed by atoms with Gasteiger partial charge in [0.1, 0.15) is 5.75 Å². The zero-order valence-electron chi connectivity index (χ0n) is 16.8. The van der Waals surface area contributed by atoms with Gasteiger partial charge in [-0.25, -0.2) is 4.79 Å². The Bertz CT molecular complexity index is 738. The second-order valence-electron chi connectivity index (χ2n) is 7.26. The Kier molecular flexibility index (Phi) is 7.28. The fourth-order valence-corrected chi connectivity index (χ4v) is 3.25. The average molecular weight is 383 g/mol. The van der Waals surface area contributed by atoms with Gasteiger partial charge in [0.15, 0.2) is 0 Å². The number of piperazine rings is 1. The van der Waals surface area contributed by atoms with Crippen LogP contribution < -0.4 is 15.4 Å². The summed E-state index contributed by atoms with van der Waals surface area (Å²) in [5.74, 6) is 0.838. The summed E-state index contributed by atoms with van der Waals surface area (Å²) in [5.41, 5.74) is 3.24. The molecule has 0 unspecified atom stereocenters. The number of carbonyl (C=O) groups excluding carboxylic acids is 1. The molecule has 2 amide bonds. The lowest BCUT2D eigenvalue weighted by Gasteiger charge is -2.32. The summed E-state index contributed by atoms with van der Waals surface area (Å²) >= 11 is 0. The molecular weight excluding hydrogens is 352 g/mol. The highest BCUT2D eigenvalue weighted by atomic mass is 16.5. The molecule has 0 radical (unpaired) electrons. The SMILES string of the molecule is COc1ccc(CCNC(=O)Nc2ccc(CN3CCN(C)CC3)cc2)cc1. The monoisotopic (exact) mass is 382 g/mol. The third-order valence-electron chi connectivity index (χ3n) is 5.07. The van der Waals surface area contributed by atoms with E-state index >= 15 is 0 Å². The molecule has 0 spiro atoms. The Balaban J connectivity index is 1.38. The van der Waals surface area contributed by atoms with Gasteiger partial charge in [-0.2, -0.15) is 0 Å². The van der Waals surface area contributed by atoms with Crippen molar-refractivity contribution >= 4 is 11.7 Å². The molecule has 0 saturated carbocycles. The molecule has 6 nitrogen and oxygen atoms in total. The van der Waals surface area contributed by atoms with Crippen LogP contribution in [0.1, 0.15) is 11.1 Å². The number of urea groups is 1. The first-order chi connectivity index (χ1) is 13.6. The average Bonchev–Trinajstić information content (AvgIpc) is 2.72. The molecule has 0 aromatic heterocycles. The van der Waals surface area contributed by atoms with Gasteiger partial charge in [0.2, 0.25) is 0 Å². The fourth-order valence-electron chi connectivity index (χ4n) is 3.25. The number of hydrogen-bond donors (Lipinski definition) is 2. The van der Waals surface area contributed by atoms with Gasteiger partial charge in [-0.1, -0.05) is 24.3 Å². The van der Waals surface area contributed by atoms with Gasteiger partial charge in [-0.15, -0.1) is 0 Å².